The summed E-state index contributed by atoms with van der Waals surface area (Å²) in [5, 5.41) is 3.05. The monoisotopic (exact) mass is 323 g/mol. The van der Waals surface area contributed by atoms with Crippen molar-refractivity contribution in [1.82, 2.24) is 9.88 Å². The Kier molecular flexibility index (Phi) is 5.21. The molecule has 0 bridgehead atoms. The molecule has 0 aliphatic carbocycles. The van der Waals surface area contributed by atoms with Crippen LogP contribution in [0.25, 0.3) is 0 Å². The quantitative estimate of drug-likeness (QED) is 0.922. The first-order valence-electron chi connectivity index (χ1n) is 7.76. The molecule has 1 fully saturated rings. The number of amides is 2. The molecule has 1 aliphatic heterocycles. The smallest absolute Gasteiger partial charge is 0.228 e. The SMILES string of the molecule is CC(C)(C)c1nc(CC(=O)N2CCC(CC(N)=O)CC2)cs1. The van der Waals surface area contributed by atoms with E-state index in [1.165, 1.54) is 0 Å². The summed E-state index contributed by atoms with van der Waals surface area (Å²) in [7, 11) is 0. The van der Waals surface area contributed by atoms with Gasteiger partial charge in [0.1, 0.15) is 0 Å². The maximum absolute atomic E-state index is 12.4. The number of rotatable bonds is 4. The molecule has 2 amide bonds. The van der Waals surface area contributed by atoms with Gasteiger partial charge in [0, 0.05) is 30.3 Å². The van der Waals surface area contributed by atoms with E-state index in [1.54, 1.807) is 11.3 Å². The molecule has 122 valence electrons. The minimum atomic E-state index is -0.248. The Balaban J connectivity index is 1.86. The Bertz CT molecular complexity index is 540. The molecule has 0 radical (unpaired) electrons. The van der Waals surface area contributed by atoms with Gasteiger partial charge in [0.25, 0.3) is 0 Å². The van der Waals surface area contributed by atoms with E-state index in [-0.39, 0.29) is 17.2 Å². The van der Waals surface area contributed by atoms with Crippen LogP contribution in [-0.2, 0) is 21.4 Å². The highest BCUT2D eigenvalue weighted by molar-refractivity contribution is 7.09. The molecule has 0 aromatic carbocycles. The largest absolute Gasteiger partial charge is 0.370 e. The minimum absolute atomic E-state index is 0.0269. The molecule has 2 rings (SSSR count). The fourth-order valence-corrected chi connectivity index (χ4v) is 3.58. The second-order valence-corrected chi connectivity index (χ2v) is 7.92. The van der Waals surface area contributed by atoms with Crippen molar-refractivity contribution in [1.29, 1.82) is 0 Å². The lowest BCUT2D eigenvalue weighted by Gasteiger charge is -2.31. The molecule has 2 heterocycles. The Hall–Kier alpha value is -1.43. The van der Waals surface area contributed by atoms with Crippen molar-refractivity contribution in [3.05, 3.63) is 16.1 Å². The number of thiazole rings is 1. The average molecular weight is 323 g/mol. The third-order valence-corrected chi connectivity index (χ3v) is 5.30. The molecule has 0 atom stereocenters. The zero-order chi connectivity index (χ0) is 16.3. The molecule has 0 unspecified atom stereocenters. The Morgan fingerprint density at radius 3 is 2.50 bits per heavy atom. The molecule has 0 spiro atoms. The number of piperidine rings is 1. The normalized spacial score (nSPS) is 16.8. The molecular weight excluding hydrogens is 298 g/mol. The van der Waals surface area contributed by atoms with Crippen molar-refractivity contribution >= 4 is 23.2 Å². The van der Waals surface area contributed by atoms with Crippen LogP contribution in [0.2, 0.25) is 0 Å². The zero-order valence-electron chi connectivity index (χ0n) is 13.6. The van der Waals surface area contributed by atoms with Crippen molar-refractivity contribution in [3.63, 3.8) is 0 Å². The summed E-state index contributed by atoms with van der Waals surface area (Å²) in [5.41, 5.74) is 6.12. The first-order chi connectivity index (χ1) is 10.3. The van der Waals surface area contributed by atoms with E-state index in [0.717, 1.165) is 23.5 Å². The van der Waals surface area contributed by atoms with Gasteiger partial charge < -0.3 is 10.6 Å². The van der Waals surface area contributed by atoms with Gasteiger partial charge in [-0.3, -0.25) is 9.59 Å². The van der Waals surface area contributed by atoms with Crippen LogP contribution in [0.1, 0.15) is 50.7 Å². The van der Waals surface area contributed by atoms with E-state index >= 15 is 0 Å². The van der Waals surface area contributed by atoms with Crippen molar-refractivity contribution in [2.24, 2.45) is 11.7 Å². The number of hydrogen-bond donors (Lipinski definition) is 1. The van der Waals surface area contributed by atoms with E-state index < -0.39 is 0 Å². The Morgan fingerprint density at radius 1 is 1.36 bits per heavy atom. The Labute approximate surface area is 135 Å². The fraction of sp³-hybridized carbons (Fsp3) is 0.688. The predicted octanol–water partition coefficient (Wildman–Crippen LogP) is 2.10. The maximum atomic E-state index is 12.4. The van der Waals surface area contributed by atoms with Gasteiger partial charge in [-0.05, 0) is 18.8 Å². The van der Waals surface area contributed by atoms with Gasteiger partial charge in [-0.25, -0.2) is 4.98 Å². The molecule has 0 saturated carbocycles. The van der Waals surface area contributed by atoms with Crippen LogP contribution in [0.4, 0.5) is 0 Å². The van der Waals surface area contributed by atoms with Crippen LogP contribution < -0.4 is 5.73 Å². The number of nitrogens with zero attached hydrogens (tertiary/aromatic N) is 2. The molecular formula is C16H25N3O2S. The summed E-state index contributed by atoms with van der Waals surface area (Å²) in [6.07, 6.45) is 2.52. The number of hydrogen-bond acceptors (Lipinski definition) is 4. The molecule has 6 heteroatoms. The topological polar surface area (TPSA) is 76.3 Å². The second kappa shape index (κ2) is 6.77. The van der Waals surface area contributed by atoms with E-state index in [9.17, 15) is 9.59 Å². The van der Waals surface area contributed by atoms with Crippen LogP contribution in [0.15, 0.2) is 5.38 Å². The number of nitrogens with two attached hydrogens (primary N) is 1. The lowest BCUT2D eigenvalue weighted by Crippen LogP contribution is -2.40. The third kappa shape index (κ3) is 4.53. The van der Waals surface area contributed by atoms with Crippen LogP contribution in [0.5, 0.6) is 0 Å². The van der Waals surface area contributed by atoms with Crippen LogP contribution in [0, 0.1) is 5.92 Å². The predicted molar refractivity (Wildman–Crippen MR) is 87.6 cm³/mol. The van der Waals surface area contributed by atoms with Gasteiger partial charge in [-0.1, -0.05) is 20.8 Å². The zero-order valence-corrected chi connectivity index (χ0v) is 14.4. The molecule has 1 saturated heterocycles. The van der Waals surface area contributed by atoms with Gasteiger partial charge in [0.05, 0.1) is 17.1 Å². The summed E-state index contributed by atoms with van der Waals surface area (Å²) < 4.78 is 0. The number of carbonyl (C=O) groups is 2. The standard InChI is InChI=1S/C16H25N3O2S/c1-16(2,3)15-18-12(10-22-15)9-14(21)19-6-4-11(5-7-19)8-13(17)20/h10-11H,4-9H2,1-3H3,(H2,17,20). The van der Waals surface area contributed by atoms with Gasteiger partial charge in [-0.2, -0.15) is 0 Å². The average Bonchev–Trinajstić information content (AvgIpc) is 2.87. The van der Waals surface area contributed by atoms with Gasteiger partial charge in [0.15, 0.2) is 0 Å². The summed E-state index contributed by atoms with van der Waals surface area (Å²) in [5.74, 6) is 0.207. The highest BCUT2D eigenvalue weighted by Gasteiger charge is 2.25. The summed E-state index contributed by atoms with van der Waals surface area (Å²) >= 11 is 1.62. The second-order valence-electron chi connectivity index (χ2n) is 7.07. The molecule has 1 aromatic heterocycles. The van der Waals surface area contributed by atoms with Gasteiger partial charge >= 0.3 is 0 Å². The van der Waals surface area contributed by atoms with E-state index in [1.807, 2.05) is 10.3 Å². The third-order valence-electron chi connectivity index (χ3n) is 3.98. The van der Waals surface area contributed by atoms with Crippen molar-refractivity contribution in [2.75, 3.05) is 13.1 Å². The fourth-order valence-electron chi connectivity index (χ4n) is 2.67. The molecule has 2 N–H and O–H groups in total. The molecule has 1 aromatic rings. The highest BCUT2D eigenvalue weighted by atomic mass is 32.1. The van der Waals surface area contributed by atoms with Gasteiger partial charge in [0.2, 0.25) is 11.8 Å². The summed E-state index contributed by atoms with van der Waals surface area (Å²) in [6, 6.07) is 0. The number of primary amides is 1. The van der Waals surface area contributed by atoms with Crippen LogP contribution in [0.3, 0.4) is 0 Å². The number of carbonyl (C=O) groups excluding carboxylic acids is 2. The molecule has 1 aliphatic rings. The maximum Gasteiger partial charge on any atom is 0.228 e. The number of likely N-dealkylation sites (tertiary alicyclic amines) is 1. The first kappa shape index (κ1) is 16.9. The van der Waals surface area contributed by atoms with Gasteiger partial charge in [-0.15, -0.1) is 11.3 Å². The van der Waals surface area contributed by atoms with Crippen LogP contribution in [-0.4, -0.2) is 34.8 Å². The lowest BCUT2D eigenvalue weighted by atomic mass is 9.93. The molecule has 22 heavy (non-hydrogen) atoms. The van der Waals surface area contributed by atoms with Crippen molar-refractivity contribution in [3.8, 4) is 0 Å². The van der Waals surface area contributed by atoms with E-state index in [2.05, 4.69) is 25.8 Å². The first-order valence-corrected chi connectivity index (χ1v) is 8.64. The van der Waals surface area contributed by atoms with Crippen molar-refractivity contribution in [2.45, 2.75) is 51.9 Å². The van der Waals surface area contributed by atoms with Crippen molar-refractivity contribution < 1.29 is 9.59 Å². The Morgan fingerprint density at radius 2 is 2.00 bits per heavy atom. The minimum Gasteiger partial charge on any atom is -0.370 e. The highest BCUT2D eigenvalue weighted by Crippen LogP contribution is 2.26. The molecule has 5 nitrogen and oxygen atoms in total. The number of aromatic nitrogens is 1. The van der Waals surface area contributed by atoms with Crippen LogP contribution >= 0.6 is 11.3 Å². The van der Waals surface area contributed by atoms with E-state index in [0.29, 0.717) is 31.8 Å². The lowest BCUT2D eigenvalue weighted by molar-refractivity contribution is -0.132. The van der Waals surface area contributed by atoms with E-state index in [4.69, 9.17) is 5.73 Å². The summed E-state index contributed by atoms with van der Waals surface area (Å²) in [6.45, 7) is 7.81. The summed E-state index contributed by atoms with van der Waals surface area (Å²) in [4.78, 5) is 29.8.